The molecule has 20 heavy (non-hydrogen) atoms. The zero-order valence-corrected chi connectivity index (χ0v) is 12.2. The Bertz CT molecular complexity index is 582. The van der Waals surface area contributed by atoms with Crippen LogP contribution < -0.4 is 5.46 Å². The molecule has 0 unspecified atom stereocenters. The van der Waals surface area contributed by atoms with Gasteiger partial charge in [0.2, 0.25) is 0 Å². The van der Waals surface area contributed by atoms with E-state index in [1.807, 2.05) is 0 Å². The molecule has 0 saturated heterocycles. The van der Waals surface area contributed by atoms with E-state index in [4.69, 9.17) is 18.1 Å². The van der Waals surface area contributed by atoms with Crippen LogP contribution in [0.2, 0.25) is 0 Å². The Labute approximate surface area is 119 Å². The normalized spacial score (nSPS) is 11.9. The summed E-state index contributed by atoms with van der Waals surface area (Å²) in [6.07, 6.45) is 4.13. The molecule has 2 heterocycles. The molecule has 2 aromatic rings. The third-order valence-electron chi connectivity index (χ3n) is 3.12. The molecule has 2 aromatic heterocycles. The number of imidazole rings is 1. The number of aliphatic hydroxyl groups is 2. The molecule has 0 amide bonds. The molecule has 0 aliphatic heterocycles. The highest BCUT2D eigenvalue weighted by Gasteiger charge is 2.31. The van der Waals surface area contributed by atoms with Crippen LogP contribution in [0.15, 0.2) is 24.5 Å². The summed E-state index contributed by atoms with van der Waals surface area (Å²) < 4.78 is 1.75. The minimum absolute atomic E-state index is 0.417. The molecule has 0 atom stereocenters. The minimum atomic E-state index is -1.01. The van der Waals surface area contributed by atoms with Gasteiger partial charge in [-0.25, -0.2) is 4.98 Å². The molecule has 0 bridgehead atoms. The summed E-state index contributed by atoms with van der Waals surface area (Å²) in [7, 11) is 5.53. The van der Waals surface area contributed by atoms with Crippen LogP contribution in [0.3, 0.4) is 0 Å². The molecule has 106 valence electrons. The predicted octanol–water partition coefficient (Wildman–Crippen LogP) is 0.469. The van der Waals surface area contributed by atoms with E-state index in [0.29, 0.717) is 23.1 Å². The predicted molar refractivity (Wildman–Crippen MR) is 78.6 cm³/mol. The summed E-state index contributed by atoms with van der Waals surface area (Å²) in [5.41, 5.74) is -0.261. The zero-order chi connectivity index (χ0) is 15.6. The first-order valence-corrected chi connectivity index (χ1v) is 6.19. The number of rotatable bonds is 2. The van der Waals surface area contributed by atoms with Crippen LogP contribution in [0.5, 0.6) is 0 Å². The Morgan fingerprint density at radius 3 is 2.25 bits per heavy atom. The van der Waals surface area contributed by atoms with Gasteiger partial charge in [-0.15, -0.1) is 0 Å². The number of pyridine rings is 1. The summed E-state index contributed by atoms with van der Waals surface area (Å²) in [6, 6.07) is 3.47. The van der Waals surface area contributed by atoms with Crippen LogP contribution >= 0.6 is 0 Å². The van der Waals surface area contributed by atoms with E-state index in [1.54, 1.807) is 56.6 Å². The highest BCUT2D eigenvalue weighted by Crippen LogP contribution is 2.19. The van der Waals surface area contributed by atoms with Gasteiger partial charge in [0.25, 0.3) is 0 Å². The summed E-state index contributed by atoms with van der Waals surface area (Å²) in [5.74, 6) is 0. The number of nitrogens with zero attached hydrogens (tertiary/aromatic N) is 2. The smallest absolute Gasteiger partial charge is 0.170 e. The van der Waals surface area contributed by atoms with Crippen molar-refractivity contribution >= 4 is 25.2 Å². The van der Waals surface area contributed by atoms with Crippen molar-refractivity contribution in [1.29, 1.82) is 0 Å². The van der Waals surface area contributed by atoms with Gasteiger partial charge >= 0.3 is 0 Å². The number of carbonyl (C=O) groups is 1. The maximum atomic E-state index is 10.4. The van der Waals surface area contributed by atoms with E-state index in [-0.39, 0.29) is 0 Å². The average molecular weight is 274 g/mol. The third-order valence-corrected chi connectivity index (χ3v) is 3.12. The quantitative estimate of drug-likeness (QED) is 0.616. The molecular weight excluding hydrogens is 255 g/mol. The summed E-state index contributed by atoms with van der Waals surface area (Å²) in [6.45, 7) is 6.31. The highest BCUT2D eigenvalue weighted by molar-refractivity contribution is 6.32. The van der Waals surface area contributed by atoms with Crippen LogP contribution in [0, 0.1) is 0 Å². The second kappa shape index (κ2) is 5.77. The molecule has 0 aromatic carbocycles. The highest BCUT2D eigenvalue weighted by atomic mass is 16.3. The van der Waals surface area contributed by atoms with E-state index in [2.05, 4.69) is 4.98 Å². The lowest BCUT2D eigenvalue weighted by Crippen LogP contribution is -2.44. The lowest BCUT2D eigenvalue weighted by molar-refractivity contribution is -0.107. The van der Waals surface area contributed by atoms with Crippen molar-refractivity contribution in [3.63, 3.8) is 0 Å². The lowest BCUT2D eigenvalue weighted by Gasteiger charge is -2.31. The van der Waals surface area contributed by atoms with Crippen LogP contribution in [0.4, 0.5) is 0 Å². The maximum Gasteiger partial charge on any atom is 0.170 e. The van der Waals surface area contributed by atoms with Gasteiger partial charge in [-0.05, 0) is 33.8 Å². The molecule has 2 radical (unpaired) electrons. The molecule has 0 spiro atoms. The fraction of sp³-hybridized carbons (Fsp3) is 0.429. The van der Waals surface area contributed by atoms with Crippen molar-refractivity contribution in [3.05, 3.63) is 30.2 Å². The van der Waals surface area contributed by atoms with Gasteiger partial charge in [-0.2, -0.15) is 0 Å². The number of carbonyl (C=O) groups excluding carboxylic acids is 1. The van der Waals surface area contributed by atoms with Gasteiger partial charge in [-0.1, -0.05) is 11.5 Å². The monoisotopic (exact) mass is 274 g/mol. The zero-order valence-electron chi connectivity index (χ0n) is 12.2. The molecular formula is C14H19BN2O3. The van der Waals surface area contributed by atoms with E-state index in [9.17, 15) is 4.79 Å². The van der Waals surface area contributed by atoms with Gasteiger partial charge < -0.3 is 14.6 Å². The number of hydrogen-bond acceptors (Lipinski definition) is 4. The van der Waals surface area contributed by atoms with Crippen molar-refractivity contribution in [2.24, 2.45) is 0 Å². The molecule has 2 N–H and O–H groups in total. The Balaban J connectivity index is 0.000000221. The van der Waals surface area contributed by atoms with E-state index < -0.39 is 11.2 Å². The lowest BCUT2D eigenvalue weighted by atomic mass is 9.90. The minimum Gasteiger partial charge on any atom is -0.387 e. The Morgan fingerprint density at radius 1 is 1.25 bits per heavy atom. The van der Waals surface area contributed by atoms with Crippen molar-refractivity contribution in [2.45, 2.75) is 38.9 Å². The van der Waals surface area contributed by atoms with E-state index in [0.717, 1.165) is 0 Å². The SMILES string of the molecule is CC(C)(O)C(C)(C)O.[B]c1ccn2cc(C=O)nc2c1. The fourth-order valence-electron chi connectivity index (χ4n) is 1.07. The molecule has 0 fully saturated rings. The Hall–Kier alpha value is -1.66. The van der Waals surface area contributed by atoms with Gasteiger partial charge in [0.1, 0.15) is 19.2 Å². The first-order valence-electron chi connectivity index (χ1n) is 6.19. The van der Waals surface area contributed by atoms with Crippen LogP contribution in [-0.4, -0.2) is 44.9 Å². The van der Waals surface area contributed by atoms with Crippen LogP contribution in [-0.2, 0) is 0 Å². The second-order valence-electron chi connectivity index (χ2n) is 5.63. The molecule has 0 saturated carbocycles. The Morgan fingerprint density at radius 2 is 1.80 bits per heavy atom. The number of fused-ring (bicyclic) bond motifs is 1. The van der Waals surface area contributed by atoms with Gasteiger partial charge in [0.15, 0.2) is 6.29 Å². The maximum absolute atomic E-state index is 10.4. The average Bonchev–Trinajstić information content (AvgIpc) is 2.69. The van der Waals surface area contributed by atoms with Gasteiger partial charge in [0.05, 0.1) is 11.2 Å². The molecule has 0 aliphatic rings. The van der Waals surface area contributed by atoms with Crippen LogP contribution in [0.1, 0.15) is 38.2 Å². The largest absolute Gasteiger partial charge is 0.387 e. The topological polar surface area (TPSA) is 74.8 Å². The van der Waals surface area contributed by atoms with Crippen molar-refractivity contribution < 1.29 is 15.0 Å². The molecule has 2 rings (SSSR count). The number of hydrogen-bond donors (Lipinski definition) is 2. The van der Waals surface area contributed by atoms with Crippen molar-refractivity contribution in [3.8, 4) is 0 Å². The first-order chi connectivity index (χ1) is 9.04. The van der Waals surface area contributed by atoms with Crippen LogP contribution in [0.25, 0.3) is 5.65 Å². The first kappa shape index (κ1) is 16.4. The van der Waals surface area contributed by atoms with Gasteiger partial charge in [0, 0.05) is 12.4 Å². The third kappa shape index (κ3) is 4.18. The Kier molecular flexibility index (Phi) is 4.73. The number of aromatic nitrogens is 2. The fourth-order valence-corrected chi connectivity index (χ4v) is 1.07. The summed E-state index contributed by atoms with van der Waals surface area (Å²) >= 11 is 0. The van der Waals surface area contributed by atoms with Crippen molar-refractivity contribution in [2.75, 3.05) is 0 Å². The van der Waals surface area contributed by atoms with E-state index in [1.165, 1.54) is 0 Å². The number of aldehydes is 1. The molecule has 0 aliphatic carbocycles. The van der Waals surface area contributed by atoms with Gasteiger partial charge in [-0.3, -0.25) is 4.79 Å². The molecule has 5 nitrogen and oxygen atoms in total. The van der Waals surface area contributed by atoms with E-state index >= 15 is 0 Å². The second-order valence-corrected chi connectivity index (χ2v) is 5.63. The standard InChI is InChI=1S/C8H5BN2O.C6H14O2/c9-6-1-2-11-4-7(5-12)10-8(11)3-6;1-5(2,7)6(3,4)8/h1-5H;7-8H,1-4H3. The molecule has 6 heteroatoms. The van der Waals surface area contributed by atoms with Crippen molar-refractivity contribution in [1.82, 2.24) is 9.38 Å². The summed E-state index contributed by atoms with van der Waals surface area (Å²) in [4.78, 5) is 14.4. The summed E-state index contributed by atoms with van der Waals surface area (Å²) in [5, 5.41) is 18.2.